The second-order valence-corrected chi connectivity index (χ2v) is 5.18. The molecule has 0 aliphatic carbocycles. The van der Waals surface area contributed by atoms with Gasteiger partial charge in [0.15, 0.2) is 5.78 Å². The number of fused-ring (bicyclic) bond motifs is 1. The number of nitrogens with zero attached hydrogens (tertiary/aromatic N) is 1. The van der Waals surface area contributed by atoms with Gasteiger partial charge < -0.3 is 0 Å². The maximum absolute atomic E-state index is 13.6. The summed E-state index contributed by atoms with van der Waals surface area (Å²) in [4.78, 5) is 16.8. The van der Waals surface area contributed by atoms with Crippen molar-refractivity contribution in [3.05, 3.63) is 65.2 Å². The fraction of sp³-hybridized carbons (Fsp3) is 0.0667. The van der Waals surface area contributed by atoms with E-state index < -0.39 is 0 Å². The minimum Gasteiger partial charge on any atom is -0.289 e. The molecule has 3 rings (SSSR count). The number of ketones is 1. The molecule has 1 aromatic heterocycles. The second kappa shape index (κ2) is 4.97. The highest BCUT2D eigenvalue weighted by atomic mass is 32.2. The summed E-state index contributed by atoms with van der Waals surface area (Å²) in [6.07, 6.45) is 5.20. The molecule has 0 atom stereocenters. The second-order valence-electron chi connectivity index (χ2n) is 4.19. The summed E-state index contributed by atoms with van der Waals surface area (Å²) in [6, 6.07) is 8.33. The molecule has 0 amide bonds. The van der Waals surface area contributed by atoms with E-state index in [2.05, 4.69) is 4.98 Å². The summed E-state index contributed by atoms with van der Waals surface area (Å²) < 4.78 is 13.6. The normalized spacial score (nSPS) is 16.5. The molecule has 1 aromatic carbocycles. The van der Waals surface area contributed by atoms with Gasteiger partial charge in [-0.05, 0) is 29.8 Å². The predicted octanol–water partition coefficient (Wildman–Crippen LogP) is 3.59. The van der Waals surface area contributed by atoms with Crippen LogP contribution in [0.25, 0.3) is 6.08 Å². The summed E-state index contributed by atoms with van der Waals surface area (Å²) >= 11 is 1.36. The quantitative estimate of drug-likeness (QED) is 0.742. The summed E-state index contributed by atoms with van der Waals surface area (Å²) in [5.41, 5.74) is 2.01. The van der Waals surface area contributed by atoms with Crippen LogP contribution in [0, 0.1) is 5.82 Å². The highest BCUT2D eigenvalue weighted by molar-refractivity contribution is 7.99. The molecule has 0 saturated heterocycles. The lowest BCUT2D eigenvalue weighted by Gasteiger charge is -2.17. The molecule has 0 unspecified atom stereocenters. The maximum Gasteiger partial charge on any atom is 0.191 e. The maximum atomic E-state index is 13.6. The van der Waals surface area contributed by atoms with Gasteiger partial charge in [0.2, 0.25) is 0 Å². The molecule has 4 heteroatoms. The van der Waals surface area contributed by atoms with E-state index in [1.54, 1.807) is 24.5 Å². The number of carbonyl (C=O) groups excluding carboxylic acids is 1. The summed E-state index contributed by atoms with van der Waals surface area (Å²) in [7, 11) is 0. The number of carbonyl (C=O) groups is 1. The molecule has 0 N–H and O–H groups in total. The third-order valence-electron chi connectivity index (χ3n) is 2.90. The first-order chi connectivity index (χ1) is 9.25. The Morgan fingerprint density at radius 2 is 2.16 bits per heavy atom. The van der Waals surface area contributed by atoms with Crippen molar-refractivity contribution in [2.75, 3.05) is 5.75 Å². The number of hydrogen-bond donors (Lipinski definition) is 0. The highest BCUT2D eigenvalue weighted by Crippen LogP contribution is 2.35. The molecule has 0 fully saturated rings. The van der Waals surface area contributed by atoms with Crippen molar-refractivity contribution >= 4 is 23.6 Å². The Kier molecular flexibility index (Phi) is 3.17. The van der Waals surface area contributed by atoms with Crippen LogP contribution < -0.4 is 0 Å². The molecule has 0 saturated carbocycles. The average molecular weight is 271 g/mol. The fourth-order valence-electron chi connectivity index (χ4n) is 1.99. The molecule has 94 valence electrons. The lowest BCUT2D eigenvalue weighted by molar-refractivity contribution is 0.103. The van der Waals surface area contributed by atoms with Crippen molar-refractivity contribution in [3.8, 4) is 0 Å². The molecular weight excluding hydrogens is 261 g/mol. The van der Waals surface area contributed by atoms with E-state index in [1.165, 1.54) is 17.8 Å². The fourth-order valence-corrected chi connectivity index (χ4v) is 3.03. The van der Waals surface area contributed by atoms with Gasteiger partial charge >= 0.3 is 0 Å². The van der Waals surface area contributed by atoms with Crippen LogP contribution in [-0.4, -0.2) is 16.5 Å². The van der Waals surface area contributed by atoms with E-state index in [0.29, 0.717) is 21.8 Å². The highest BCUT2D eigenvalue weighted by Gasteiger charge is 2.24. The minimum atomic E-state index is -0.323. The van der Waals surface area contributed by atoms with Gasteiger partial charge in [0.25, 0.3) is 0 Å². The molecule has 0 radical (unpaired) electrons. The first-order valence-corrected chi connectivity index (χ1v) is 6.81. The van der Waals surface area contributed by atoms with E-state index in [9.17, 15) is 9.18 Å². The van der Waals surface area contributed by atoms with Crippen molar-refractivity contribution < 1.29 is 9.18 Å². The Balaban J connectivity index is 2.01. The third-order valence-corrected chi connectivity index (χ3v) is 4.06. The van der Waals surface area contributed by atoms with Crippen LogP contribution in [0.5, 0.6) is 0 Å². The number of Topliss-reactive ketones (excluding diaryl/α,β-unsaturated/α-hetero) is 1. The monoisotopic (exact) mass is 271 g/mol. The van der Waals surface area contributed by atoms with Gasteiger partial charge in [-0.3, -0.25) is 9.78 Å². The molecule has 0 spiro atoms. The largest absolute Gasteiger partial charge is 0.289 e. The van der Waals surface area contributed by atoms with E-state index in [4.69, 9.17) is 0 Å². The van der Waals surface area contributed by atoms with Gasteiger partial charge in [0.1, 0.15) is 5.82 Å². The van der Waals surface area contributed by atoms with Crippen LogP contribution in [0.2, 0.25) is 0 Å². The third kappa shape index (κ3) is 2.31. The van der Waals surface area contributed by atoms with Gasteiger partial charge in [-0.25, -0.2) is 4.39 Å². The molecule has 0 bridgehead atoms. The van der Waals surface area contributed by atoms with Crippen molar-refractivity contribution in [2.24, 2.45) is 0 Å². The molecule has 2 nitrogen and oxygen atoms in total. The van der Waals surface area contributed by atoms with Crippen LogP contribution in [0.4, 0.5) is 4.39 Å². The Hall–Kier alpha value is -1.94. The predicted molar refractivity (Wildman–Crippen MR) is 73.7 cm³/mol. The zero-order valence-electron chi connectivity index (χ0n) is 9.97. The van der Waals surface area contributed by atoms with Crippen LogP contribution in [0.1, 0.15) is 15.9 Å². The number of benzene rings is 1. The first kappa shape index (κ1) is 12.1. The number of pyridine rings is 1. The van der Waals surface area contributed by atoms with E-state index in [1.807, 2.05) is 18.2 Å². The summed E-state index contributed by atoms with van der Waals surface area (Å²) in [6.45, 7) is 0. The Morgan fingerprint density at radius 3 is 2.95 bits per heavy atom. The number of rotatable bonds is 1. The van der Waals surface area contributed by atoms with E-state index in [0.717, 1.165) is 5.56 Å². The van der Waals surface area contributed by atoms with Crippen LogP contribution >= 0.6 is 11.8 Å². The lowest BCUT2D eigenvalue weighted by Crippen LogP contribution is -2.13. The van der Waals surface area contributed by atoms with Crippen molar-refractivity contribution in [1.82, 2.24) is 4.98 Å². The molecular formula is C15H10FNOS. The standard InChI is InChI=1S/C15H10FNOS/c16-13-5-1-4-12-14(18)11(9-19-15(12)13)7-10-3-2-6-17-8-10/h1-8H,9H2/b11-7+. The van der Waals surface area contributed by atoms with Gasteiger partial charge in [-0.1, -0.05) is 12.1 Å². The van der Waals surface area contributed by atoms with E-state index in [-0.39, 0.29) is 11.6 Å². The zero-order valence-corrected chi connectivity index (χ0v) is 10.8. The minimum absolute atomic E-state index is 0.0999. The van der Waals surface area contributed by atoms with Gasteiger partial charge in [0.05, 0.1) is 4.90 Å². The number of aromatic nitrogens is 1. The van der Waals surface area contributed by atoms with Crippen LogP contribution in [0.15, 0.2) is 53.2 Å². The molecule has 1 aliphatic heterocycles. The lowest BCUT2D eigenvalue weighted by atomic mass is 10.0. The van der Waals surface area contributed by atoms with Crippen molar-refractivity contribution in [2.45, 2.75) is 4.90 Å². The number of hydrogen-bond acceptors (Lipinski definition) is 3. The van der Waals surface area contributed by atoms with E-state index >= 15 is 0 Å². The Labute approximate surface area is 114 Å². The first-order valence-electron chi connectivity index (χ1n) is 5.82. The molecule has 1 aliphatic rings. The summed E-state index contributed by atoms with van der Waals surface area (Å²) in [5, 5.41) is 0. The smallest absolute Gasteiger partial charge is 0.191 e. The molecule has 2 aromatic rings. The zero-order chi connectivity index (χ0) is 13.2. The van der Waals surface area contributed by atoms with Gasteiger partial charge in [-0.15, -0.1) is 11.8 Å². The number of halogens is 1. The van der Waals surface area contributed by atoms with Gasteiger partial charge in [-0.2, -0.15) is 0 Å². The Bertz CT molecular complexity index is 667. The molecule has 19 heavy (non-hydrogen) atoms. The van der Waals surface area contributed by atoms with Crippen molar-refractivity contribution in [3.63, 3.8) is 0 Å². The number of thioether (sulfide) groups is 1. The van der Waals surface area contributed by atoms with Crippen molar-refractivity contribution in [1.29, 1.82) is 0 Å². The topological polar surface area (TPSA) is 30.0 Å². The summed E-state index contributed by atoms with van der Waals surface area (Å²) in [5.74, 6) is 0.0650. The average Bonchev–Trinajstić information content (AvgIpc) is 2.44. The SMILES string of the molecule is O=C1/C(=C/c2cccnc2)CSc2c(F)cccc21. The van der Waals surface area contributed by atoms with Gasteiger partial charge in [0, 0.05) is 29.3 Å². The Morgan fingerprint density at radius 1 is 1.26 bits per heavy atom. The van der Waals surface area contributed by atoms with Crippen LogP contribution in [-0.2, 0) is 0 Å². The molecule has 2 heterocycles. The van der Waals surface area contributed by atoms with Crippen LogP contribution in [0.3, 0.4) is 0 Å².